The minimum absolute atomic E-state index is 0.0440. The van der Waals surface area contributed by atoms with E-state index >= 15 is 0 Å². The Morgan fingerprint density at radius 3 is 2.79 bits per heavy atom. The van der Waals surface area contributed by atoms with Crippen molar-refractivity contribution in [3.63, 3.8) is 0 Å². The second-order valence-corrected chi connectivity index (χ2v) is 7.39. The highest BCUT2D eigenvalue weighted by atomic mass is 79.9. The molecule has 0 bridgehead atoms. The van der Waals surface area contributed by atoms with Gasteiger partial charge in [-0.15, -0.1) is 0 Å². The number of nitrogens with zero attached hydrogens (tertiary/aromatic N) is 4. The third kappa shape index (κ3) is 4.26. The molecule has 1 aromatic carbocycles. The van der Waals surface area contributed by atoms with Crippen molar-refractivity contribution in [3.05, 3.63) is 62.4 Å². The lowest BCUT2D eigenvalue weighted by atomic mass is 10.1. The summed E-state index contributed by atoms with van der Waals surface area (Å²) in [4.78, 5) is 28.5. The third-order valence-electron chi connectivity index (χ3n) is 3.89. The van der Waals surface area contributed by atoms with E-state index < -0.39 is 5.91 Å². The number of carbonyl (C=O) groups excluding carboxylic acids is 2. The van der Waals surface area contributed by atoms with Gasteiger partial charge < -0.3 is 11.1 Å². The smallest absolute Gasteiger partial charge is 0.275 e. The van der Waals surface area contributed by atoms with Crippen LogP contribution in [0.15, 0.2) is 41.1 Å². The molecule has 2 amide bonds. The fourth-order valence-corrected chi connectivity index (χ4v) is 3.49. The molecule has 150 valence electrons. The van der Waals surface area contributed by atoms with Crippen LogP contribution >= 0.6 is 39.1 Å². The number of carbonyl (C=O) groups is 2. The maximum Gasteiger partial charge on any atom is 0.275 e. The molecular formula is C17H14BrCl2N7O2. The lowest BCUT2D eigenvalue weighted by molar-refractivity contribution is -0.107. The van der Waals surface area contributed by atoms with Gasteiger partial charge in [-0.2, -0.15) is 5.10 Å². The first-order valence-corrected chi connectivity index (χ1v) is 9.59. The van der Waals surface area contributed by atoms with E-state index in [4.69, 9.17) is 34.8 Å². The quantitative estimate of drug-likeness (QED) is 0.207. The molecule has 2 aromatic heterocycles. The van der Waals surface area contributed by atoms with Crippen LogP contribution in [0, 0.1) is 0 Å². The summed E-state index contributed by atoms with van der Waals surface area (Å²) in [5.74, 6) is 5.42. The molecule has 0 fully saturated rings. The van der Waals surface area contributed by atoms with Crippen molar-refractivity contribution in [3.8, 4) is 5.82 Å². The van der Waals surface area contributed by atoms with E-state index in [0.717, 1.165) is 5.01 Å². The van der Waals surface area contributed by atoms with Crippen LogP contribution in [0.25, 0.3) is 5.82 Å². The highest BCUT2D eigenvalue weighted by Crippen LogP contribution is 2.33. The van der Waals surface area contributed by atoms with Crippen LogP contribution in [0.5, 0.6) is 0 Å². The van der Waals surface area contributed by atoms with Gasteiger partial charge in [0.25, 0.3) is 5.91 Å². The molecule has 0 radical (unpaired) electrons. The number of aromatic nitrogens is 3. The number of nitrogens with two attached hydrogens (primary N) is 2. The molecular weight excluding hydrogens is 485 g/mol. The fourth-order valence-electron chi connectivity index (χ4n) is 2.61. The Bertz CT molecular complexity index is 1090. The Morgan fingerprint density at radius 1 is 1.38 bits per heavy atom. The van der Waals surface area contributed by atoms with Gasteiger partial charge in [-0.05, 0) is 45.8 Å². The summed E-state index contributed by atoms with van der Waals surface area (Å²) >= 11 is 15.6. The number of hydrogen-bond acceptors (Lipinski definition) is 6. The molecule has 0 aliphatic heterocycles. The number of benzene rings is 1. The Morgan fingerprint density at radius 2 is 2.14 bits per heavy atom. The van der Waals surface area contributed by atoms with Crippen molar-refractivity contribution in [1.29, 1.82) is 0 Å². The van der Waals surface area contributed by atoms with Crippen LogP contribution in [0.2, 0.25) is 10.0 Å². The van der Waals surface area contributed by atoms with Gasteiger partial charge in [0.1, 0.15) is 5.69 Å². The first-order valence-electron chi connectivity index (χ1n) is 8.04. The van der Waals surface area contributed by atoms with Crippen molar-refractivity contribution in [2.24, 2.45) is 11.6 Å². The first kappa shape index (κ1) is 21.2. The molecule has 9 nitrogen and oxygen atoms in total. The zero-order valence-electron chi connectivity index (χ0n) is 14.6. The van der Waals surface area contributed by atoms with Gasteiger partial charge in [0.2, 0.25) is 6.41 Å². The maximum absolute atomic E-state index is 13.1. The van der Waals surface area contributed by atoms with Crippen LogP contribution in [-0.2, 0) is 11.3 Å². The predicted octanol–water partition coefficient (Wildman–Crippen LogP) is 2.88. The Labute approximate surface area is 183 Å². The summed E-state index contributed by atoms with van der Waals surface area (Å²) in [6.45, 7) is 0.0440. The molecule has 12 heteroatoms. The fraction of sp³-hybridized carbons (Fsp3) is 0.0588. The van der Waals surface area contributed by atoms with Gasteiger partial charge in [0.15, 0.2) is 5.82 Å². The summed E-state index contributed by atoms with van der Waals surface area (Å²) in [7, 11) is 0. The number of amides is 2. The van der Waals surface area contributed by atoms with E-state index in [1.807, 2.05) is 0 Å². The number of halogens is 3. The summed E-state index contributed by atoms with van der Waals surface area (Å²) in [6.07, 6.45) is 3.35. The summed E-state index contributed by atoms with van der Waals surface area (Å²) < 4.78 is 1.70. The van der Waals surface area contributed by atoms with Crippen LogP contribution < -0.4 is 21.9 Å². The second-order valence-electron chi connectivity index (χ2n) is 5.69. The highest BCUT2D eigenvalue weighted by Gasteiger charge is 2.23. The van der Waals surface area contributed by atoms with Gasteiger partial charge >= 0.3 is 0 Å². The van der Waals surface area contributed by atoms with E-state index in [0.29, 0.717) is 26.5 Å². The zero-order chi connectivity index (χ0) is 21.1. The van der Waals surface area contributed by atoms with Crippen molar-refractivity contribution in [2.45, 2.75) is 6.54 Å². The second kappa shape index (κ2) is 8.89. The largest absolute Gasteiger partial charge is 0.326 e. The number of pyridine rings is 1. The third-order valence-corrected chi connectivity index (χ3v) is 4.99. The molecule has 0 aliphatic carbocycles. The predicted molar refractivity (Wildman–Crippen MR) is 114 cm³/mol. The molecule has 5 N–H and O–H groups in total. The summed E-state index contributed by atoms with van der Waals surface area (Å²) in [5.41, 5.74) is 6.81. The van der Waals surface area contributed by atoms with E-state index in [2.05, 4.69) is 31.3 Å². The number of rotatable bonds is 6. The average Bonchev–Trinajstić information content (AvgIpc) is 3.09. The molecule has 0 atom stereocenters. The molecule has 2 heterocycles. The standard InChI is InChI=1S/C17H14BrCl2N7O2/c18-11-7-24-27(16-12(20)2-1-3-23-16)15(11)17(29)25-14-9(6-21)4-10(19)5-13(14)26(22)8-28/h1-5,7-8H,6,21-22H2,(H,25,29). The van der Waals surface area contributed by atoms with Gasteiger partial charge in [0, 0.05) is 17.8 Å². The van der Waals surface area contributed by atoms with Crippen molar-refractivity contribution in [2.75, 3.05) is 10.3 Å². The van der Waals surface area contributed by atoms with Gasteiger partial charge in [0.05, 0.1) is 27.1 Å². The minimum atomic E-state index is -0.561. The Hall–Kier alpha value is -2.50. The maximum atomic E-state index is 13.1. The topological polar surface area (TPSA) is 132 Å². The molecule has 0 aliphatic rings. The Balaban J connectivity index is 2.08. The molecule has 0 saturated heterocycles. The molecule has 0 saturated carbocycles. The summed E-state index contributed by atoms with van der Waals surface area (Å²) in [6, 6.07) is 6.29. The van der Waals surface area contributed by atoms with Crippen molar-refractivity contribution in [1.82, 2.24) is 14.8 Å². The van der Waals surface area contributed by atoms with E-state index in [1.54, 1.807) is 18.2 Å². The average molecular weight is 499 g/mol. The van der Waals surface area contributed by atoms with Crippen molar-refractivity contribution >= 4 is 62.8 Å². The number of nitrogens with one attached hydrogen (secondary N) is 1. The normalized spacial score (nSPS) is 10.7. The highest BCUT2D eigenvalue weighted by molar-refractivity contribution is 9.10. The number of anilines is 2. The van der Waals surface area contributed by atoms with Crippen LogP contribution in [0.1, 0.15) is 16.1 Å². The number of hydrogen-bond donors (Lipinski definition) is 3. The van der Waals surface area contributed by atoms with Crippen LogP contribution in [0.3, 0.4) is 0 Å². The van der Waals surface area contributed by atoms with Crippen LogP contribution in [0.4, 0.5) is 11.4 Å². The van der Waals surface area contributed by atoms with Gasteiger partial charge in [-0.25, -0.2) is 20.5 Å². The number of hydrazine groups is 1. The van der Waals surface area contributed by atoms with E-state index in [1.165, 1.54) is 23.1 Å². The molecule has 0 spiro atoms. The monoisotopic (exact) mass is 497 g/mol. The molecule has 3 rings (SSSR count). The summed E-state index contributed by atoms with van der Waals surface area (Å²) in [5, 5.41) is 8.30. The lowest BCUT2D eigenvalue weighted by Gasteiger charge is -2.20. The first-order chi connectivity index (χ1) is 13.9. The van der Waals surface area contributed by atoms with Crippen LogP contribution in [-0.4, -0.2) is 27.1 Å². The zero-order valence-corrected chi connectivity index (χ0v) is 17.7. The molecule has 3 aromatic rings. The lowest BCUT2D eigenvalue weighted by Crippen LogP contribution is -2.31. The minimum Gasteiger partial charge on any atom is -0.326 e. The SMILES string of the molecule is NCc1cc(Cl)cc(N(N)C=O)c1NC(=O)c1c(Br)cnn1-c1ncccc1Cl. The van der Waals surface area contributed by atoms with E-state index in [9.17, 15) is 9.59 Å². The van der Waals surface area contributed by atoms with Gasteiger partial charge in [-0.3, -0.25) is 9.59 Å². The molecule has 29 heavy (non-hydrogen) atoms. The molecule has 0 unspecified atom stereocenters. The Kier molecular flexibility index (Phi) is 6.50. The van der Waals surface area contributed by atoms with E-state index in [-0.39, 0.29) is 29.4 Å². The van der Waals surface area contributed by atoms with Gasteiger partial charge in [-0.1, -0.05) is 23.2 Å². The van der Waals surface area contributed by atoms with Crippen molar-refractivity contribution < 1.29 is 9.59 Å².